The molecule has 0 saturated heterocycles. The number of hydrogen-bond donors (Lipinski definition) is 3. The summed E-state index contributed by atoms with van der Waals surface area (Å²) in [5.41, 5.74) is 1.62. The Labute approximate surface area is 145 Å². The van der Waals surface area contributed by atoms with Crippen LogP contribution in [0.5, 0.6) is 0 Å². The van der Waals surface area contributed by atoms with Gasteiger partial charge in [-0.2, -0.15) is 10.4 Å². The van der Waals surface area contributed by atoms with Crippen molar-refractivity contribution in [2.45, 2.75) is 49.9 Å². The molecule has 1 saturated carbocycles. The molecule has 130 valence electrons. The van der Waals surface area contributed by atoms with Crippen LogP contribution in [-0.2, 0) is 6.42 Å². The van der Waals surface area contributed by atoms with Crippen LogP contribution in [0.3, 0.4) is 0 Å². The van der Waals surface area contributed by atoms with Crippen LogP contribution in [0.2, 0.25) is 0 Å². The van der Waals surface area contributed by atoms with Crippen LogP contribution in [0.4, 0.5) is 5.82 Å². The number of fused-ring (bicyclic) bond motifs is 1. The molecule has 0 radical (unpaired) electrons. The highest BCUT2D eigenvalue weighted by Crippen LogP contribution is 2.40. The van der Waals surface area contributed by atoms with E-state index < -0.39 is 17.7 Å². The van der Waals surface area contributed by atoms with Crippen molar-refractivity contribution in [3.05, 3.63) is 24.3 Å². The van der Waals surface area contributed by atoms with Crippen molar-refractivity contribution in [2.75, 3.05) is 11.9 Å². The highest BCUT2D eigenvalue weighted by Gasteiger charge is 2.44. The molecule has 8 heteroatoms. The van der Waals surface area contributed by atoms with Crippen molar-refractivity contribution in [2.24, 2.45) is 0 Å². The molecule has 0 aromatic carbocycles. The molecule has 0 bridgehead atoms. The number of anilines is 1. The van der Waals surface area contributed by atoms with Gasteiger partial charge in [0.05, 0.1) is 42.1 Å². The van der Waals surface area contributed by atoms with Gasteiger partial charge in [0.2, 0.25) is 0 Å². The second-order valence-electron chi connectivity index (χ2n) is 6.81. The Morgan fingerprint density at radius 3 is 3.12 bits per heavy atom. The number of aliphatic hydroxyl groups excluding tert-OH is 1. The van der Waals surface area contributed by atoms with Gasteiger partial charge in [-0.15, -0.1) is 0 Å². The lowest BCUT2D eigenvalue weighted by atomic mass is 9.90. The van der Waals surface area contributed by atoms with E-state index in [1.165, 1.54) is 6.33 Å². The van der Waals surface area contributed by atoms with Crippen molar-refractivity contribution >= 4 is 5.82 Å². The number of nitrogens with one attached hydrogen (secondary N) is 1. The highest BCUT2D eigenvalue weighted by molar-refractivity contribution is 5.69. The maximum absolute atomic E-state index is 10.9. The minimum Gasteiger partial charge on any atom is -0.393 e. The first-order valence-electron chi connectivity index (χ1n) is 8.50. The van der Waals surface area contributed by atoms with E-state index in [2.05, 4.69) is 26.5 Å². The molecule has 3 atom stereocenters. The van der Waals surface area contributed by atoms with Crippen molar-refractivity contribution < 1.29 is 10.2 Å². The molecule has 0 amide bonds. The first-order chi connectivity index (χ1) is 12.1. The van der Waals surface area contributed by atoms with Crippen LogP contribution in [0.15, 0.2) is 18.7 Å². The zero-order valence-electron chi connectivity index (χ0n) is 13.8. The van der Waals surface area contributed by atoms with Gasteiger partial charge in [-0.3, -0.25) is 4.68 Å². The van der Waals surface area contributed by atoms with E-state index in [0.717, 1.165) is 35.6 Å². The first kappa shape index (κ1) is 16.0. The van der Waals surface area contributed by atoms with E-state index in [1.807, 2.05) is 6.20 Å². The number of nitrogens with zero attached hydrogens (tertiary/aromatic N) is 5. The second kappa shape index (κ2) is 6.10. The zero-order valence-corrected chi connectivity index (χ0v) is 13.8. The lowest BCUT2D eigenvalue weighted by Crippen LogP contribution is -2.37. The molecule has 3 unspecified atom stereocenters. The third kappa shape index (κ3) is 2.75. The molecule has 4 rings (SSSR count). The lowest BCUT2D eigenvalue weighted by Gasteiger charge is -2.31. The molecule has 3 N–H and O–H groups in total. The Bertz CT molecular complexity index is 829. The average molecular weight is 340 g/mol. The monoisotopic (exact) mass is 340 g/mol. The van der Waals surface area contributed by atoms with Crippen molar-refractivity contribution in [1.29, 1.82) is 5.26 Å². The van der Waals surface area contributed by atoms with Gasteiger partial charge in [0.15, 0.2) is 0 Å². The van der Waals surface area contributed by atoms with E-state index in [0.29, 0.717) is 12.8 Å². The maximum atomic E-state index is 10.9. The molecule has 3 heterocycles. The standard InChI is InChI=1S/C17H20N6O2/c18-5-2-14(17(25)4-1-12(24)7-17)23-9-11(8-22-23)15-13-3-6-19-16(13)21-10-20-15/h8-10,12,14,24-25H,1-4,6-7H2,(H,19,20,21). The number of rotatable bonds is 4. The van der Waals surface area contributed by atoms with Gasteiger partial charge >= 0.3 is 0 Å². The quantitative estimate of drug-likeness (QED) is 0.760. The summed E-state index contributed by atoms with van der Waals surface area (Å²) in [7, 11) is 0. The Morgan fingerprint density at radius 2 is 2.36 bits per heavy atom. The van der Waals surface area contributed by atoms with Crippen LogP contribution >= 0.6 is 0 Å². The maximum Gasteiger partial charge on any atom is 0.133 e. The molecule has 25 heavy (non-hydrogen) atoms. The molecule has 2 aromatic rings. The van der Waals surface area contributed by atoms with Crippen molar-refractivity contribution in [3.63, 3.8) is 0 Å². The summed E-state index contributed by atoms with van der Waals surface area (Å²) in [5.74, 6) is 0.851. The minimum atomic E-state index is -1.12. The fourth-order valence-electron chi connectivity index (χ4n) is 3.93. The summed E-state index contributed by atoms with van der Waals surface area (Å²) in [6.07, 6.45) is 6.78. The molecule has 0 spiro atoms. The van der Waals surface area contributed by atoms with Crippen LogP contribution in [-0.4, -0.2) is 48.2 Å². The normalized spacial score (nSPS) is 26.0. The highest BCUT2D eigenvalue weighted by atomic mass is 16.3. The van der Waals surface area contributed by atoms with Crippen LogP contribution in [0.1, 0.15) is 37.3 Å². The Balaban J connectivity index is 1.68. The van der Waals surface area contributed by atoms with E-state index in [9.17, 15) is 15.5 Å². The summed E-state index contributed by atoms with van der Waals surface area (Å²) >= 11 is 0. The fraction of sp³-hybridized carbons (Fsp3) is 0.529. The van der Waals surface area contributed by atoms with Gasteiger partial charge in [-0.25, -0.2) is 9.97 Å². The molecule has 2 aromatic heterocycles. The smallest absolute Gasteiger partial charge is 0.133 e. The first-order valence-corrected chi connectivity index (χ1v) is 8.50. The summed E-state index contributed by atoms with van der Waals surface area (Å²) in [6.45, 7) is 0.837. The number of hydrogen-bond acceptors (Lipinski definition) is 7. The Hall–Kier alpha value is -2.50. The van der Waals surface area contributed by atoms with Crippen molar-refractivity contribution in [1.82, 2.24) is 19.7 Å². The van der Waals surface area contributed by atoms with Gasteiger partial charge in [-0.05, 0) is 19.3 Å². The van der Waals surface area contributed by atoms with Gasteiger partial charge in [0.25, 0.3) is 0 Å². The third-order valence-corrected chi connectivity index (χ3v) is 5.21. The third-order valence-electron chi connectivity index (χ3n) is 5.21. The van der Waals surface area contributed by atoms with Gasteiger partial charge in [0, 0.05) is 30.3 Å². The van der Waals surface area contributed by atoms with Crippen molar-refractivity contribution in [3.8, 4) is 17.3 Å². The Kier molecular flexibility index (Phi) is 3.90. The molecule has 1 aliphatic carbocycles. The van der Waals surface area contributed by atoms with E-state index >= 15 is 0 Å². The number of aliphatic hydroxyl groups is 2. The number of aromatic nitrogens is 4. The lowest BCUT2D eigenvalue weighted by molar-refractivity contribution is -0.0191. The molecular formula is C17H20N6O2. The fourth-order valence-corrected chi connectivity index (χ4v) is 3.93. The second-order valence-corrected chi connectivity index (χ2v) is 6.81. The predicted molar refractivity (Wildman–Crippen MR) is 89.5 cm³/mol. The van der Waals surface area contributed by atoms with Gasteiger partial charge in [0.1, 0.15) is 12.1 Å². The van der Waals surface area contributed by atoms with E-state index in [-0.39, 0.29) is 12.8 Å². The average Bonchev–Trinajstić information content (AvgIpc) is 3.32. The molecule has 1 aliphatic heterocycles. The van der Waals surface area contributed by atoms with Gasteiger partial charge < -0.3 is 15.5 Å². The zero-order chi connectivity index (χ0) is 17.4. The van der Waals surface area contributed by atoms with Gasteiger partial charge in [-0.1, -0.05) is 0 Å². The Morgan fingerprint density at radius 1 is 1.48 bits per heavy atom. The molecule has 2 aliphatic rings. The largest absolute Gasteiger partial charge is 0.393 e. The topological polar surface area (TPSA) is 120 Å². The molecular weight excluding hydrogens is 320 g/mol. The van der Waals surface area contributed by atoms with E-state index in [4.69, 9.17) is 0 Å². The summed E-state index contributed by atoms with van der Waals surface area (Å²) < 4.78 is 1.65. The van der Waals surface area contributed by atoms with E-state index in [1.54, 1.807) is 10.9 Å². The number of nitriles is 1. The summed E-state index contributed by atoms with van der Waals surface area (Å²) in [6, 6.07) is 1.65. The summed E-state index contributed by atoms with van der Waals surface area (Å²) in [5, 5.41) is 37.6. The minimum absolute atomic E-state index is 0.133. The molecule has 8 nitrogen and oxygen atoms in total. The van der Waals surface area contributed by atoms with Crippen LogP contribution in [0.25, 0.3) is 11.3 Å². The predicted octanol–water partition coefficient (Wildman–Crippen LogP) is 1.04. The van der Waals surface area contributed by atoms with Crippen LogP contribution < -0.4 is 5.32 Å². The van der Waals surface area contributed by atoms with Crippen LogP contribution in [0, 0.1) is 11.3 Å². The SMILES string of the molecule is N#CCC(n1cc(-c2ncnc3c2CCN3)cn1)C1(O)CCC(O)C1. The summed E-state index contributed by atoms with van der Waals surface area (Å²) in [4.78, 5) is 8.63. The molecule has 1 fully saturated rings.